The average molecular weight is 362 g/mol. The van der Waals surface area contributed by atoms with Crippen molar-refractivity contribution in [3.8, 4) is 0 Å². The normalized spacial score (nSPS) is 20.6. The summed E-state index contributed by atoms with van der Waals surface area (Å²) in [4.78, 5) is 0. The molecule has 0 aliphatic carbocycles. The summed E-state index contributed by atoms with van der Waals surface area (Å²) in [5.41, 5.74) is -2.68. The zero-order valence-electron chi connectivity index (χ0n) is 15.2. The average Bonchev–Trinajstić information content (AvgIpc) is 2.95. The van der Waals surface area contributed by atoms with Crippen molar-refractivity contribution in [1.82, 2.24) is 9.78 Å². The minimum Gasteiger partial charge on any atom is -0.398 e. The van der Waals surface area contributed by atoms with Gasteiger partial charge in [0.25, 0.3) is 0 Å². The highest BCUT2D eigenvalue weighted by atomic mass is 19.4. The molecule has 0 saturated carbocycles. The van der Waals surface area contributed by atoms with Gasteiger partial charge in [-0.05, 0) is 45.8 Å². The topological polar surface area (TPSA) is 36.3 Å². The number of hydrogen-bond donors (Lipinski definition) is 0. The van der Waals surface area contributed by atoms with E-state index in [0.717, 1.165) is 16.8 Å². The van der Waals surface area contributed by atoms with Gasteiger partial charge in [-0.15, -0.1) is 0 Å². The first kappa shape index (κ1) is 20.0. The van der Waals surface area contributed by atoms with E-state index in [9.17, 15) is 17.6 Å². The van der Waals surface area contributed by atoms with Gasteiger partial charge in [-0.3, -0.25) is 4.68 Å². The first-order valence-corrected chi connectivity index (χ1v) is 8.11. The lowest BCUT2D eigenvalue weighted by Crippen LogP contribution is -2.41. The van der Waals surface area contributed by atoms with Gasteiger partial charge in [-0.2, -0.15) is 18.3 Å². The molecular formula is C16H23BF4N2O2. The second-order valence-electron chi connectivity index (χ2n) is 7.47. The summed E-state index contributed by atoms with van der Waals surface area (Å²) in [6, 6.07) is 0.991. The maximum Gasteiger partial charge on any atom is 0.524 e. The van der Waals surface area contributed by atoms with Gasteiger partial charge >= 0.3 is 13.3 Å². The second kappa shape index (κ2) is 6.43. The van der Waals surface area contributed by atoms with Crippen molar-refractivity contribution < 1.29 is 26.9 Å². The maximum atomic E-state index is 14.4. The van der Waals surface area contributed by atoms with E-state index in [4.69, 9.17) is 9.31 Å². The van der Waals surface area contributed by atoms with Gasteiger partial charge in [0, 0.05) is 5.69 Å². The molecular weight excluding hydrogens is 339 g/mol. The van der Waals surface area contributed by atoms with Crippen LogP contribution in [0.1, 0.15) is 58.8 Å². The molecule has 0 amide bonds. The van der Waals surface area contributed by atoms with Crippen LogP contribution in [0, 0.1) is 0 Å². The Kier molecular flexibility index (Phi) is 5.14. The number of nitrogens with zero attached hydrogens (tertiary/aromatic N) is 2. The summed E-state index contributed by atoms with van der Waals surface area (Å²) < 4.78 is 65.3. The molecule has 0 spiro atoms. The molecule has 0 bridgehead atoms. The molecule has 0 N–H and O–H groups in total. The fourth-order valence-corrected chi connectivity index (χ4v) is 2.41. The molecule has 0 unspecified atom stereocenters. The molecule has 2 rings (SSSR count). The zero-order chi connectivity index (χ0) is 19.2. The van der Waals surface area contributed by atoms with Crippen LogP contribution in [-0.4, -0.2) is 28.1 Å². The molecule has 1 aliphatic rings. The van der Waals surface area contributed by atoms with E-state index < -0.39 is 35.9 Å². The summed E-state index contributed by atoms with van der Waals surface area (Å²) >= 11 is 0. The molecule has 1 aliphatic heterocycles. The molecule has 0 aromatic carbocycles. The van der Waals surface area contributed by atoms with Crippen LogP contribution in [0.15, 0.2) is 17.9 Å². The van der Waals surface area contributed by atoms with Crippen LogP contribution < -0.4 is 0 Å². The summed E-state index contributed by atoms with van der Waals surface area (Å²) in [7, 11) is -1.18. The van der Waals surface area contributed by atoms with Crippen LogP contribution in [0.2, 0.25) is 0 Å². The number of hydrogen-bond acceptors (Lipinski definition) is 3. The van der Waals surface area contributed by atoms with E-state index in [1.54, 1.807) is 41.5 Å². The highest BCUT2D eigenvalue weighted by Gasteiger charge is 2.53. The maximum absolute atomic E-state index is 14.4. The third-order valence-electron chi connectivity index (χ3n) is 4.63. The van der Waals surface area contributed by atoms with Crippen LogP contribution in [-0.2, 0) is 22.0 Å². The van der Waals surface area contributed by atoms with E-state index in [1.165, 1.54) is 0 Å². The summed E-state index contributed by atoms with van der Waals surface area (Å²) in [6.45, 7) is 10.5. The predicted molar refractivity (Wildman–Crippen MR) is 86.6 cm³/mol. The van der Waals surface area contributed by atoms with Crippen molar-refractivity contribution in [3.05, 3.63) is 29.3 Å². The lowest BCUT2D eigenvalue weighted by molar-refractivity contribution is -0.141. The quantitative estimate of drug-likeness (QED) is 0.584. The van der Waals surface area contributed by atoms with Gasteiger partial charge in [0.1, 0.15) is 5.73 Å². The van der Waals surface area contributed by atoms with Gasteiger partial charge in [0.2, 0.25) is 0 Å². The van der Waals surface area contributed by atoms with Gasteiger partial charge in [-0.25, -0.2) is 4.39 Å². The summed E-state index contributed by atoms with van der Waals surface area (Å²) in [5.74, 6) is -0.183. The molecule has 1 aromatic rings. The van der Waals surface area contributed by atoms with Crippen LogP contribution in [0.25, 0.3) is 0 Å². The fraction of sp³-hybridized carbons (Fsp3) is 0.688. The van der Waals surface area contributed by atoms with Gasteiger partial charge in [0.15, 0.2) is 5.69 Å². The SMILES string of the molecule is CC(C)c1cc(C(F)(F)F)nn1CC=C(F)B1OC(C)(C)C(C)(C)O1. The van der Waals surface area contributed by atoms with Crippen LogP contribution >= 0.6 is 0 Å². The van der Waals surface area contributed by atoms with E-state index >= 15 is 0 Å². The monoisotopic (exact) mass is 362 g/mol. The highest BCUT2D eigenvalue weighted by Crippen LogP contribution is 2.38. The van der Waals surface area contributed by atoms with Crippen LogP contribution in [0.4, 0.5) is 17.6 Å². The van der Waals surface area contributed by atoms with Crippen molar-refractivity contribution in [3.63, 3.8) is 0 Å². The molecule has 1 saturated heterocycles. The summed E-state index contributed by atoms with van der Waals surface area (Å²) in [6.07, 6.45) is -3.40. The van der Waals surface area contributed by atoms with Gasteiger partial charge in [0.05, 0.1) is 17.7 Å². The van der Waals surface area contributed by atoms with E-state index in [2.05, 4.69) is 5.10 Å². The first-order chi connectivity index (χ1) is 11.2. The Morgan fingerprint density at radius 2 is 1.76 bits per heavy atom. The second-order valence-corrected chi connectivity index (χ2v) is 7.47. The minimum absolute atomic E-state index is 0.139. The van der Waals surface area contributed by atoms with E-state index in [0.29, 0.717) is 5.69 Å². The number of alkyl halides is 3. The smallest absolute Gasteiger partial charge is 0.398 e. The molecule has 0 radical (unpaired) electrons. The molecule has 140 valence electrons. The molecule has 9 heteroatoms. The van der Waals surface area contributed by atoms with Gasteiger partial charge < -0.3 is 9.31 Å². The minimum atomic E-state index is -4.54. The van der Waals surface area contributed by atoms with Crippen molar-refractivity contribution >= 4 is 7.12 Å². The molecule has 25 heavy (non-hydrogen) atoms. The largest absolute Gasteiger partial charge is 0.524 e. The molecule has 0 atom stereocenters. The van der Waals surface area contributed by atoms with Crippen molar-refractivity contribution in [2.75, 3.05) is 0 Å². The van der Waals surface area contributed by atoms with Gasteiger partial charge in [-0.1, -0.05) is 13.8 Å². The highest BCUT2D eigenvalue weighted by molar-refractivity contribution is 6.53. The lowest BCUT2D eigenvalue weighted by Gasteiger charge is -2.32. The Morgan fingerprint density at radius 3 is 2.20 bits per heavy atom. The number of halogens is 4. The molecule has 4 nitrogen and oxygen atoms in total. The third-order valence-corrected chi connectivity index (χ3v) is 4.63. The first-order valence-electron chi connectivity index (χ1n) is 8.11. The predicted octanol–water partition coefficient (Wildman–Crippen LogP) is 4.51. The number of rotatable bonds is 4. The van der Waals surface area contributed by atoms with Crippen LogP contribution in [0.5, 0.6) is 0 Å². The standard InChI is InChI=1S/C16H23BF4N2O2/c1-10(2)11-9-12(16(19,20)21)22-23(11)8-7-13(18)17-24-14(3,4)15(5,6)25-17/h7,9-10H,8H2,1-6H3. The zero-order valence-corrected chi connectivity index (χ0v) is 15.2. The fourth-order valence-electron chi connectivity index (χ4n) is 2.41. The van der Waals surface area contributed by atoms with Crippen molar-refractivity contribution in [2.24, 2.45) is 0 Å². The number of aromatic nitrogens is 2. The third kappa shape index (κ3) is 4.08. The Morgan fingerprint density at radius 1 is 1.24 bits per heavy atom. The Bertz CT molecular complexity index is 650. The van der Waals surface area contributed by atoms with E-state index in [1.807, 2.05) is 0 Å². The summed E-state index contributed by atoms with van der Waals surface area (Å²) in [5, 5.41) is 3.56. The van der Waals surface area contributed by atoms with Crippen LogP contribution in [0.3, 0.4) is 0 Å². The Balaban J connectivity index is 2.20. The molecule has 1 aromatic heterocycles. The lowest BCUT2D eigenvalue weighted by atomic mass is 9.88. The number of allylic oxidation sites excluding steroid dienone is 1. The Hall–Kier alpha value is -1.35. The molecule has 1 fully saturated rings. The van der Waals surface area contributed by atoms with Crippen molar-refractivity contribution in [1.29, 1.82) is 0 Å². The molecule has 2 heterocycles. The van der Waals surface area contributed by atoms with Crippen molar-refractivity contribution in [2.45, 2.75) is 71.4 Å². The Labute approximate surface area is 145 Å². The van der Waals surface area contributed by atoms with E-state index in [-0.39, 0.29) is 12.5 Å².